The Morgan fingerprint density at radius 3 is 2.79 bits per heavy atom. The van der Waals surface area contributed by atoms with Gasteiger partial charge in [0.1, 0.15) is 0 Å². The summed E-state index contributed by atoms with van der Waals surface area (Å²) in [7, 11) is 0. The van der Waals surface area contributed by atoms with E-state index in [0.29, 0.717) is 12.2 Å². The van der Waals surface area contributed by atoms with E-state index < -0.39 is 0 Å². The molecule has 0 aliphatic carbocycles. The number of benzene rings is 1. The zero-order chi connectivity index (χ0) is 13.8. The lowest BCUT2D eigenvalue weighted by Crippen LogP contribution is -2.24. The van der Waals surface area contributed by atoms with Gasteiger partial charge in [-0.3, -0.25) is 4.79 Å². The predicted molar refractivity (Wildman–Crippen MR) is 73.5 cm³/mol. The van der Waals surface area contributed by atoms with Gasteiger partial charge in [0.25, 0.3) is 5.91 Å². The highest BCUT2D eigenvalue weighted by Gasteiger charge is 2.10. The monoisotopic (exact) mass is 258 g/mol. The molecule has 2 rings (SSSR count). The Balaban J connectivity index is 2.20. The van der Waals surface area contributed by atoms with Crippen molar-refractivity contribution < 1.29 is 4.79 Å². The third-order valence-corrected chi connectivity index (χ3v) is 3.02. The fraction of sp³-hybridized carbons (Fsp3) is 0.357. The number of amides is 1. The molecule has 0 unspecified atom stereocenters. The molecule has 1 heterocycles. The van der Waals surface area contributed by atoms with E-state index in [1.165, 1.54) is 11.1 Å². The van der Waals surface area contributed by atoms with Crippen molar-refractivity contribution in [1.82, 2.24) is 20.3 Å². The molecule has 19 heavy (non-hydrogen) atoms. The molecule has 100 valence electrons. The maximum absolute atomic E-state index is 11.7. The van der Waals surface area contributed by atoms with Crippen molar-refractivity contribution in [2.45, 2.75) is 27.2 Å². The number of nitrogens with zero attached hydrogens (tertiary/aromatic N) is 3. The molecule has 0 saturated heterocycles. The Labute approximate surface area is 112 Å². The molecule has 1 amide bonds. The van der Waals surface area contributed by atoms with Crippen molar-refractivity contribution >= 4 is 5.91 Å². The van der Waals surface area contributed by atoms with Crippen LogP contribution in [0.2, 0.25) is 0 Å². The summed E-state index contributed by atoms with van der Waals surface area (Å²) in [5.74, 6) is -0.183. The van der Waals surface area contributed by atoms with Crippen LogP contribution in [0.3, 0.4) is 0 Å². The van der Waals surface area contributed by atoms with E-state index in [1.807, 2.05) is 32.0 Å². The van der Waals surface area contributed by atoms with Gasteiger partial charge >= 0.3 is 0 Å². The topological polar surface area (TPSA) is 59.8 Å². The smallest absolute Gasteiger partial charge is 0.273 e. The number of carbonyl (C=O) groups is 1. The molecule has 5 heteroatoms. The van der Waals surface area contributed by atoms with Crippen LogP contribution in [0, 0.1) is 13.8 Å². The van der Waals surface area contributed by atoms with Gasteiger partial charge in [-0.15, -0.1) is 5.10 Å². The SMILES string of the molecule is CCCNC(=O)c1cn(-c2ccc(C)c(C)c2)nn1. The van der Waals surface area contributed by atoms with Gasteiger partial charge in [0.05, 0.1) is 11.9 Å². The van der Waals surface area contributed by atoms with Crippen molar-refractivity contribution in [3.05, 3.63) is 41.2 Å². The second-order valence-electron chi connectivity index (χ2n) is 4.57. The third-order valence-electron chi connectivity index (χ3n) is 3.02. The molecule has 0 bridgehead atoms. The second kappa shape index (κ2) is 5.65. The quantitative estimate of drug-likeness (QED) is 0.912. The fourth-order valence-corrected chi connectivity index (χ4v) is 1.69. The largest absolute Gasteiger partial charge is 0.351 e. The maximum atomic E-state index is 11.7. The molecular weight excluding hydrogens is 240 g/mol. The fourth-order valence-electron chi connectivity index (χ4n) is 1.69. The highest BCUT2D eigenvalue weighted by atomic mass is 16.2. The van der Waals surface area contributed by atoms with Crippen LogP contribution < -0.4 is 5.32 Å². The Morgan fingerprint density at radius 1 is 1.32 bits per heavy atom. The average Bonchev–Trinajstić information content (AvgIpc) is 2.89. The molecule has 0 atom stereocenters. The summed E-state index contributed by atoms with van der Waals surface area (Å²) in [5, 5.41) is 10.7. The molecule has 0 saturated carbocycles. The summed E-state index contributed by atoms with van der Waals surface area (Å²) >= 11 is 0. The number of rotatable bonds is 4. The van der Waals surface area contributed by atoms with E-state index >= 15 is 0 Å². The zero-order valence-electron chi connectivity index (χ0n) is 11.5. The minimum Gasteiger partial charge on any atom is -0.351 e. The summed E-state index contributed by atoms with van der Waals surface area (Å²) in [6.45, 7) is 6.76. The normalized spacial score (nSPS) is 10.5. The zero-order valence-corrected chi connectivity index (χ0v) is 11.5. The Hall–Kier alpha value is -2.17. The second-order valence-corrected chi connectivity index (χ2v) is 4.57. The summed E-state index contributed by atoms with van der Waals surface area (Å²) < 4.78 is 1.62. The molecule has 5 nitrogen and oxygen atoms in total. The number of hydrogen-bond acceptors (Lipinski definition) is 3. The minimum atomic E-state index is -0.183. The van der Waals surface area contributed by atoms with E-state index in [9.17, 15) is 4.79 Å². The number of carbonyl (C=O) groups excluding carboxylic acids is 1. The van der Waals surface area contributed by atoms with Crippen LogP contribution in [0.5, 0.6) is 0 Å². The molecule has 1 N–H and O–H groups in total. The van der Waals surface area contributed by atoms with Gasteiger partial charge in [-0.25, -0.2) is 4.68 Å². The van der Waals surface area contributed by atoms with Crippen LogP contribution in [0.1, 0.15) is 35.0 Å². The molecular formula is C14H18N4O. The molecule has 1 aromatic heterocycles. The molecule has 0 aliphatic rings. The van der Waals surface area contributed by atoms with Gasteiger partial charge in [-0.2, -0.15) is 0 Å². The van der Waals surface area contributed by atoms with Gasteiger partial charge < -0.3 is 5.32 Å². The van der Waals surface area contributed by atoms with E-state index in [1.54, 1.807) is 10.9 Å². The van der Waals surface area contributed by atoms with Gasteiger partial charge in [-0.1, -0.05) is 18.2 Å². The van der Waals surface area contributed by atoms with Gasteiger partial charge in [0, 0.05) is 6.54 Å². The van der Waals surface area contributed by atoms with Crippen LogP contribution in [0.4, 0.5) is 0 Å². The Kier molecular flexibility index (Phi) is 3.94. The summed E-state index contributed by atoms with van der Waals surface area (Å²) in [6, 6.07) is 6.02. The molecule has 0 radical (unpaired) electrons. The lowest BCUT2D eigenvalue weighted by molar-refractivity contribution is 0.0948. The van der Waals surface area contributed by atoms with Crippen LogP contribution in [-0.4, -0.2) is 27.4 Å². The van der Waals surface area contributed by atoms with Crippen LogP contribution in [0.15, 0.2) is 24.4 Å². The van der Waals surface area contributed by atoms with Crippen molar-refractivity contribution in [3.63, 3.8) is 0 Å². The van der Waals surface area contributed by atoms with Gasteiger partial charge in [-0.05, 0) is 43.5 Å². The van der Waals surface area contributed by atoms with Crippen molar-refractivity contribution in [2.24, 2.45) is 0 Å². The van der Waals surface area contributed by atoms with Crippen LogP contribution >= 0.6 is 0 Å². The third kappa shape index (κ3) is 2.99. The lowest BCUT2D eigenvalue weighted by Gasteiger charge is -2.04. The van der Waals surface area contributed by atoms with Gasteiger partial charge in [0.2, 0.25) is 0 Å². The standard InChI is InChI=1S/C14H18N4O/c1-4-7-15-14(19)13-9-18(17-16-13)12-6-5-10(2)11(3)8-12/h5-6,8-9H,4,7H2,1-3H3,(H,15,19). The Morgan fingerprint density at radius 2 is 2.11 bits per heavy atom. The first-order chi connectivity index (χ1) is 9.11. The first-order valence-electron chi connectivity index (χ1n) is 6.40. The Bertz CT molecular complexity index is 589. The number of nitrogens with one attached hydrogen (secondary N) is 1. The summed E-state index contributed by atoms with van der Waals surface area (Å²) in [5.41, 5.74) is 3.66. The predicted octanol–water partition coefficient (Wildman–Crippen LogP) is 2.02. The summed E-state index contributed by atoms with van der Waals surface area (Å²) in [4.78, 5) is 11.7. The molecule has 0 aliphatic heterocycles. The molecule has 0 fully saturated rings. The lowest BCUT2D eigenvalue weighted by atomic mass is 10.1. The van der Waals surface area contributed by atoms with Crippen molar-refractivity contribution in [3.8, 4) is 5.69 Å². The van der Waals surface area contributed by atoms with E-state index in [0.717, 1.165) is 12.1 Å². The van der Waals surface area contributed by atoms with E-state index in [2.05, 4.69) is 22.6 Å². The molecule has 2 aromatic rings. The first-order valence-corrected chi connectivity index (χ1v) is 6.40. The number of hydrogen-bond donors (Lipinski definition) is 1. The summed E-state index contributed by atoms with van der Waals surface area (Å²) in [6.07, 6.45) is 2.55. The van der Waals surface area contributed by atoms with Gasteiger partial charge in [0.15, 0.2) is 5.69 Å². The number of aryl methyl sites for hydroxylation is 2. The molecule has 0 spiro atoms. The highest BCUT2D eigenvalue weighted by molar-refractivity contribution is 5.91. The van der Waals surface area contributed by atoms with Crippen LogP contribution in [-0.2, 0) is 0 Å². The first kappa shape index (κ1) is 13.3. The maximum Gasteiger partial charge on any atom is 0.273 e. The van der Waals surface area contributed by atoms with Crippen molar-refractivity contribution in [1.29, 1.82) is 0 Å². The van der Waals surface area contributed by atoms with E-state index in [4.69, 9.17) is 0 Å². The minimum absolute atomic E-state index is 0.183. The van der Waals surface area contributed by atoms with Crippen molar-refractivity contribution in [2.75, 3.05) is 6.54 Å². The van der Waals surface area contributed by atoms with E-state index in [-0.39, 0.29) is 5.91 Å². The highest BCUT2D eigenvalue weighted by Crippen LogP contribution is 2.13. The number of aromatic nitrogens is 3. The van der Waals surface area contributed by atoms with Crippen LogP contribution in [0.25, 0.3) is 5.69 Å². The average molecular weight is 258 g/mol. The molecule has 1 aromatic carbocycles.